The van der Waals surface area contributed by atoms with Crippen molar-refractivity contribution in [3.8, 4) is 0 Å². The topological polar surface area (TPSA) is 12.0 Å². The van der Waals surface area contributed by atoms with E-state index in [9.17, 15) is 0 Å². The molecule has 0 aromatic heterocycles. The van der Waals surface area contributed by atoms with Gasteiger partial charge >= 0.3 is 0 Å². The highest BCUT2D eigenvalue weighted by Crippen LogP contribution is 1.21. The quantitative estimate of drug-likeness (QED) is 0.333. The molecule has 0 atom stereocenters. The third-order valence-corrected chi connectivity index (χ3v) is 0.354. The standard InChI is InChI=1S/CH7B2N/c2-1-4-3/h4H,1-3H2. The molecule has 0 aromatic rings. The largest absolute Gasteiger partial charge is 0.369 e. The molecular formula is CH7B2N. The minimum absolute atomic E-state index is 1.07. The normalized spacial score (nSPS) is 7.00. The molecule has 0 aliphatic carbocycles. The maximum Gasteiger partial charge on any atom is 0.181 e. The predicted molar refractivity (Wildman–Crippen MR) is 25.1 cm³/mol. The lowest BCUT2D eigenvalue weighted by atomic mass is 10.1. The molecule has 0 spiro atoms. The Morgan fingerprint density at radius 2 is 2.00 bits per heavy atom. The first kappa shape index (κ1) is 4.09. The Morgan fingerprint density at radius 1 is 1.75 bits per heavy atom. The van der Waals surface area contributed by atoms with Crippen molar-refractivity contribution in [2.45, 2.75) is 0 Å². The molecule has 1 N–H and O–H groups in total. The SMILES string of the molecule is BCNB. The molecule has 0 amide bonds. The second-order valence-electron chi connectivity index (χ2n) is 0.707. The van der Waals surface area contributed by atoms with E-state index < -0.39 is 0 Å². The summed E-state index contributed by atoms with van der Waals surface area (Å²) >= 11 is 0. The van der Waals surface area contributed by atoms with Gasteiger partial charge in [-0.25, -0.2) is 0 Å². The summed E-state index contributed by atoms with van der Waals surface area (Å²) in [6.07, 6.45) is 1.07. The van der Waals surface area contributed by atoms with Crippen molar-refractivity contribution in [2.75, 3.05) is 6.44 Å². The summed E-state index contributed by atoms with van der Waals surface area (Å²) < 4.78 is 0. The number of rotatable bonds is 1. The van der Waals surface area contributed by atoms with Gasteiger partial charge in [-0.15, -0.1) is 0 Å². The molecule has 0 rings (SSSR count). The van der Waals surface area contributed by atoms with E-state index in [1.807, 2.05) is 7.98 Å². The Bertz CT molecular complexity index is 8.00. The summed E-state index contributed by atoms with van der Waals surface area (Å²) in [6.45, 7) is 0. The maximum atomic E-state index is 2.93. The van der Waals surface area contributed by atoms with Crippen LogP contribution in [0.25, 0.3) is 0 Å². The maximum absolute atomic E-state index is 2.93. The molecule has 0 heterocycles. The number of hydrogen-bond donors (Lipinski definition) is 1. The molecule has 0 bridgehead atoms. The number of hydrogen-bond acceptors (Lipinski definition) is 1. The van der Waals surface area contributed by atoms with Gasteiger partial charge < -0.3 is 5.23 Å². The highest BCUT2D eigenvalue weighted by molar-refractivity contribution is 6.14. The zero-order chi connectivity index (χ0) is 3.41. The van der Waals surface area contributed by atoms with Crippen LogP contribution in [0.1, 0.15) is 0 Å². The van der Waals surface area contributed by atoms with Crippen molar-refractivity contribution in [2.24, 2.45) is 0 Å². The van der Waals surface area contributed by atoms with Crippen LogP contribution in [0.5, 0.6) is 0 Å². The molecule has 0 saturated carbocycles. The van der Waals surface area contributed by atoms with Gasteiger partial charge in [0.1, 0.15) is 7.85 Å². The second kappa shape index (κ2) is 3.09. The van der Waals surface area contributed by atoms with Gasteiger partial charge in [0, 0.05) is 0 Å². The molecule has 0 aliphatic rings. The van der Waals surface area contributed by atoms with Crippen molar-refractivity contribution in [3.05, 3.63) is 0 Å². The predicted octanol–water partition coefficient (Wildman–Crippen LogP) is -2.29. The highest BCUT2D eigenvalue weighted by atomic mass is 14.7. The van der Waals surface area contributed by atoms with Crippen LogP contribution in [0.3, 0.4) is 0 Å². The van der Waals surface area contributed by atoms with E-state index in [-0.39, 0.29) is 0 Å². The van der Waals surface area contributed by atoms with E-state index in [0.717, 1.165) is 6.44 Å². The Balaban J connectivity index is 1.97. The average molecular weight is 54.7 g/mol. The van der Waals surface area contributed by atoms with E-state index in [1.54, 1.807) is 0 Å². The lowest BCUT2D eigenvalue weighted by molar-refractivity contribution is 1.20. The van der Waals surface area contributed by atoms with Crippen LogP contribution in [-0.2, 0) is 0 Å². The molecule has 0 aromatic carbocycles. The summed E-state index contributed by atoms with van der Waals surface area (Å²) in [5, 5.41) is 2.93. The van der Waals surface area contributed by atoms with Gasteiger partial charge in [0.2, 0.25) is 0 Å². The fourth-order valence-corrected chi connectivity index (χ4v) is 0. The van der Waals surface area contributed by atoms with Gasteiger partial charge in [-0.3, -0.25) is 0 Å². The first-order valence-corrected chi connectivity index (χ1v) is 1.56. The molecule has 1 nitrogen and oxygen atoms in total. The average Bonchev–Trinajstić information content (AvgIpc) is 1.37. The molecule has 3 heteroatoms. The van der Waals surface area contributed by atoms with Gasteiger partial charge in [0.25, 0.3) is 0 Å². The lowest BCUT2D eigenvalue weighted by Gasteiger charge is -1.75. The third kappa shape index (κ3) is 2.09. The summed E-state index contributed by atoms with van der Waals surface area (Å²) in [6, 6.07) is 0. The lowest BCUT2D eigenvalue weighted by Crippen LogP contribution is -2.08. The van der Waals surface area contributed by atoms with E-state index in [2.05, 4.69) is 13.1 Å². The van der Waals surface area contributed by atoms with Crippen LogP contribution in [0.2, 0.25) is 0 Å². The van der Waals surface area contributed by atoms with Crippen LogP contribution in [0.15, 0.2) is 0 Å². The Kier molecular flexibility index (Phi) is 3.16. The van der Waals surface area contributed by atoms with Crippen LogP contribution in [-0.4, -0.2) is 22.3 Å². The minimum atomic E-state index is 1.07. The van der Waals surface area contributed by atoms with Crippen molar-refractivity contribution in [3.63, 3.8) is 0 Å². The number of nitrogens with one attached hydrogen (secondary N) is 1. The highest BCUT2D eigenvalue weighted by Gasteiger charge is 1.53. The summed E-state index contributed by atoms with van der Waals surface area (Å²) in [4.78, 5) is 0. The van der Waals surface area contributed by atoms with Crippen LogP contribution in [0.4, 0.5) is 0 Å². The fraction of sp³-hybridized carbons (Fsp3) is 1.00. The Morgan fingerprint density at radius 3 is 2.00 bits per heavy atom. The molecule has 22 valence electrons. The fourth-order valence-electron chi connectivity index (χ4n) is 0. The van der Waals surface area contributed by atoms with Crippen LogP contribution in [0, 0.1) is 0 Å². The van der Waals surface area contributed by atoms with Crippen LogP contribution < -0.4 is 5.23 Å². The zero-order valence-electron chi connectivity index (χ0n) is 3.21. The van der Waals surface area contributed by atoms with Crippen molar-refractivity contribution in [1.29, 1.82) is 0 Å². The van der Waals surface area contributed by atoms with Gasteiger partial charge in [0.15, 0.2) is 7.98 Å². The first-order valence-electron chi connectivity index (χ1n) is 1.56. The zero-order valence-corrected chi connectivity index (χ0v) is 3.21. The van der Waals surface area contributed by atoms with E-state index in [0.29, 0.717) is 0 Å². The first-order chi connectivity index (χ1) is 1.91. The molecule has 0 radical (unpaired) electrons. The second-order valence-corrected chi connectivity index (χ2v) is 0.707. The van der Waals surface area contributed by atoms with E-state index >= 15 is 0 Å². The minimum Gasteiger partial charge on any atom is -0.369 e. The molecule has 0 unspecified atom stereocenters. The van der Waals surface area contributed by atoms with Gasteiger partial charge in [-0.2, -0.15) is 0 Å². The summed E-state index contributed by atoms with van der Waals surface area (Å²) in [5.74, 6) is 0. The smallest absolute Gasteiger partial charge is 0.181 e. The monoisotopic (exact) mass is 55.1 g/mol. The molecule has 0 saturated heterocycles. The van der Waals surface area contributed by atoms with Crippen molar-refractivity contribution >= 4 is 15.8 Å². The Labute approximate surface area is 28.6 Å². The molecule has 0 aliphatic heterocycles. The molecule has 0 fully saturated rings. The van der Waals surface area contributed by atoms with E-state index in [4.69, 9.17) is 0 Å². The van der Waals surface area contributed by atoms with Gasteiger partial charge in [-0.1, -0.05) is 0 Å². The Hall–Kier alpha value is 0.0899. The van der Waals surface area contributed by atoms with Gasteiger partial charge in [0.05, 0.1) is 0 Å². The van der Waals surface area contributed by atoms with Crippen LogP contribution >= 0.6 is 0 Å². The molecule has 4 heavy (non-hydrogen) atoms. The molecular weight excluding hydrogens is 47.6 g/mol. The third-order valence-electron chi connectivity index (χ3n) is 0.354. The van der Waals surface area contributed by atoms with Crippen molar-refractivity contribution < 1.29 is 0 Å². The van der Waals surface area contributed by atoms with Crippen molar-refractivity contribution in [1.82, 2.24) is 5.23 Å². The summed E-state index contributed by atoms with van der Waals surface area (Å²) in [7, 11) is 4.00. The van der Waals surface area contributed by atoms with Gasteiger partial charge in [-0.05, 0) is 6.44 Å². The summed E-state index contributed by atoms with van der Waals surface area (Å²) in [5.41, 5.74) is 0. The van der Waals surface area contributed by atoms with E-state index in [1.165, 1.54) is 0 Å².